The van der Waals surface area contributed by atoms with E-state index in [9.17, 15) is 31.1 Å². The van der Waals surface area contributed by atoms with Crippen LogP contribution in [0.4, 0.5) is 32.0 Å². The maximum atomic E-state index is 12.9. The number of fused-ring (bicyclic) bond motifs is 1. The molecule has 1 aromatic carbocycles. The van der Waals surface area contributed by atoms with Crippen molar-refractivity contribution in [3.8, 4) is 0 Å². The molecule has 0 bridgehead atoms. The number of anilines is 1. The van der Waals surface area contributed by atoms with E-state index >= 15 is 0 Å². The Bertz CT molecular complexity index is 1000. The van der Waals surface area contributed by atoms with Crippen molar-refractivity contribution in [3.63, 3.8) is 0 Å². The average molecular weight is 401 g/mol. The molecule has 28 heavy (non-hydrogen) atoms. The number of carbonyl (C=O) groups excluding carboxylic acids is 1. The van der Waals surface area contributed by atoms with Crippen LogP contribution in [-0.4, -0.2) is 15.3 Å². The van der Waals surface area contributed by atoms with Gasteiger partial charge in [0.05, 0.1) is 23.2 Å². The number of halogens is 6. The number of carbonyl (C=O) groups is 1. The lowest BCUT2D eigenvalue weighted by Crippen LogP contribution is -2.17. The minimum absolute atomic E-state index is 0.0001000. The number of nitrogens with zero attached hydrogens (tertiary/aromatic N) is 2. The van der Waals surface area contributed by atoms with Crippen LogP contribution in [0.1, 0.15) is 22.4 Å². The zero-order chi connectivity index (χ0) is 20.7. The summed E-state index contributed by atoms with van der Waals surface area (Å²) in [7, 11) is 0. The molecule has 0 atom stereocenters. The molecule has 0 saturated carbocycles. The first-order valence-electron chi connectivity index (χ1n) is 7.95. The number of rotatable bonds is 3. The van der Waals surface area contributed by atoms with Gasteiger partial charge >= 0.3 is 12.4 Å². The average Bonchev–Trinajstić information content (AvgIpc) is 2.93. The van der Waals surface area contributed by atoms with Crippen LogP contribution in [0.25, 0.3) is 5.65 Å². The van der Waals surface area contributed by atoms with Crippen molar-refractivity contribution < 1.29 is 31.1 Å². The highest BCUT2D eigenvalue weighted by atomic mass is 19.4. The third-order valence-electron chi connectivity index (χ3n) is 3.88. The number of benzene rings is 1. The molecule has 0 aliphatic rings. The second-order valence-corrected chi connectivity index (χ2v) is 6.22. The summed E-state index contributed by atoms with van der Waals surface area (Å²) in [6.45, 7) is 1.85. The minimum atomic E-state index is -4.99. The predicted octanol–water partition coefficient (Wildman–Crippen LogP) is 4.86. The molecule has 10 heteroatoms. The van der Waals surface area contributed by atoms with Crippen LogP contribution in [0, 0.1) is 6.92 Å². The molecule has 3 aromatic rings. The number of imidazole rings is 1. The number of alkyl halides is 6. The molecule has 1 N–H and O–H groups in total. The van der Waals surface area contributed by atoms with Crippen molar-refractivity contribution in [2.24, 2.45) is 0 Å². The van der Waals surface area contributed by atoms with Gasteiger partial charge in [-0.25, -0.2) is 4.98 Å². The smallest absolute Gasteiger partial charge is 0.326 e. The Morgan fingerprint density at radius 1 is 1.04 bits per heavy atom. The summed E-state index contributed by atoms with van der Waals surface area (Å²) >= 11 is 0. The Morgan fingerprint density at radius 2 is 1.64 bits per heavy atom. The van der Waals surface area contributed by atoms with Gasteiger partial charge in [0.15, 0.2) is 0 Å². The van der Waals surface area contributed by atoms with Crippen LogP contribution in [0.2, 0.25) is 0 Å². The van der Waals surface area contributed by atoms with Crippen molar-refractivity contribution in [3.05, 3.63) is 65.1 Å². The molecule has 0 fully saturated rings. The van der Waals surface area contributed by atoms with Gasteiger partial charge in [-0.3, -0.25) is 4.79 Å². The van der Waals surface area contributed by atoms with Crippen LogP contribution in [0.5, 0.6) is 0 Å². The summed E-state index contributed by atoms with van der Waals surface area (Å²) in [5.41, 5.74) is -1.75. The van der Waals surface area contributed by atoms with Crippen LogP contribution in [0.15, 0.2) is 42.7 Å². The maximum absolute atomic E-state index is 12.9. The summed E-state index contributed by atoms with van der Waals surface area (Å²) in [4.78, 5) is 16.3. The van der Waals surface area contributed by atoms with Crippen LogP contribution >= 0.6 is 0 Å². The highest BCUT2D eigenvalue weighted by Gasteiger charge is 2.37. The number of aryl methyl sites for hydroxylation is 1. The van der Waals surface area contributed by atoms with Gasteiger partial charge in [-0.1, -0.05) is 0 Å². The third kappa shape index (κ3) is 4.44. The lowest BCUT2D eigenvalue weighted by Gasteiger charge is -2.14. The fraction of sp³-hybridized carbons (Fsp3) is 0.222. The van der Waals surface area contributed by atoms with Crippen molar-refractivity contribution in [1.82, 2.24) is 9.38 Å². The molecule has 4 nitrogen and oxygen atoms in total. The Morgan fingerprint density at radius 3 is 2.21 bits per heavy atom. The van der Waals surface area contributed by atoms with E-state index < -0.39 is 35.1 Å². The Kier molecular flexibility index (Phi) is 4.82. The maximum Gasteiger partial charge on any atom is 0.416 e. The normalized spacial score (nSPS) is 12.4. The van der Waals surface area contributed by atoms with Crippen molar-refractivity contribution >= 4 is 17.2 Å². The van der Waals surface area contributed by atoms with Crippen molar-refractivity contribution in [1.29, 1.82) is 0 Å². The first-order chi connectivity index (χ1) is 12.9. The second-order valence-electron chi connectivity index (χ2n) is 6.22. The Hall–Kier alpha value is -3.04. The highest BCUT2D eigenvalue weighted by Crippen LogP contribution is 2.37. The zero-order valence-corrected chi connectivity index (χ0v) is 14.3. The van der Waals surface area contributed by atoms with Crippen molar-refractivity contribution in [2.45, 2.75) is 25.7 Å². The second kappa shape index (κ2) is 6.84. The quantitative estimate of drug-likeness (QED) is 0.637. The van der Waals surface area contributed by atoms with E-state index in [1.807, 2.05) is 13.0 Å². The van der Waals surface area contributed by atoms with Gasteiger partial charge in [0.2, 0.25) is 5.91 Å². The van der Waals surface area contributed by atoms with Crippen LogP contribution in [0.3, 0.4) is 0 Å². The van der Waals surface area contributed by atoms with Crippen LogP contribution in [-0.2, 0) is 23.6 Å². The molecular weight excluding hydrogens is 388 g/mol. The highest BCUT2D eigenvalue weighted by molar-refractivity contribution is 5.92. The van der Waals surface area contributed by atoms with E-state index in [4.69, 9.17) is 0 Å². The number of nitrogens with one attached hydrogen (secondary N) is 1. The van der Waals surface area contributed by atoms with E-state index in [0.717, 1.165) is 5.56 Å². The van der Waals surface area contributed by atoms with E-state index in [2.05, 4.69) is 10.3 Å². The van der Waals surface area contributed by atoms with E-state index in [1.165, 1.54) is 0 Å². The fourth-order valence-electron chi connectivity index (χ4n) is 2.62. The number of pyridine rings is 1. The lowest BCUT2D eigenvalue weighted by molar-refractivity contribution is -0.143. The van der Waals surface area contributed by atoms with E-state index in [0.29, 0.717) is 23.5 Å². The molecule has 0 spiro atoms. The Balaban J connectivity index is 1.84. The molecule has 2 aromatic heterocycles. The van der Waals surface area contributed by atoms with Crippen LogP contribution < -0.4 is 5.32 Å². The first kappa shape index (κ1) is 19.7. The SMILES string of the molecule is Cc1ccn2cc(CC(=O)Nc3cc(C(F)(F)F)cc(C(F)(F)F)c3)nc2c1. The fourth-order valence-corrected chi connectivity index (χ4v) is 2.62. The molecule has 0 aliphatic carbocycles. The van der Waals surface area contributed by atoms with Gasteiger partial charge in [0.25, 0.3) is 0 Å². The van der Waals surface area contributed by atoms with Gasteiger partial charge in [-0.15, -0.1) is 0 Å². The number of aromatic nitrogens is 2. The molecule has 3 rings (SSSR count). The van der Waals surface area contributed by atoms with E-state index in [-0.39, 0.29) is 12.5 Å². The molecule has 0 aliphatic heterocycles. The van der Waals surface area contributed by atoms with Crippen molar-refractivity contribution in [2.75, 3.05) is 5.32 Å². The summed E-state index contributed by atoms with van der Waals surface area (Å²) in [5.74, 6) is -0.785. The summed E-state index contributed by atoms with van der Waals surface area (Å²) in [5, 5.41) is 2.08. The lowest BCUT2D eigenvalue weighted by atomic mass is 10.1. The molecule has 0 saturated heterocycles. The van der Waals surface area contributed by atoms with Gasteiger partial charge < -0.3 is 9.72 Å². The minimum Gasteiger partial charge on any atom is -0.326 e. The molecule has 1 amide bonds. The monoisotopic (exact) mass is 401 g/mol. The third-order valence-corrected chi connectivity index (χ3v) is 3.88. The summed E-state index contributed by atoms with van der Waals surface area (Å²) < 4.78 is 78.9. The molecular formula is C18H13F6N3O. The van der Waals surface area contributed by atoms with Gasteiger partial charge in [0.1, 0.15) is 5.65 Å². The number of hydrogen-bond acceptors (Lipinski definition) is 2. The molecule has 0 unspecified atom stereocenters. The molecule has 0 radical (unpaired) electrons. The number of hydrogen-bond donors (Lipinski definition) is 1. The van der Waals surface area contributed by atoms with E-state index in [1.54, 1.807) is 22.9 Å². The zero-order valence-electron chi connectivity index (χ0n) is 14.3. The standard InChI is InChI=1S/C18H13F6N3O/c1-10-2-3-27-9-14(25-15(27)4-10)8-16(28)26-13-6-11(17(19,20)21)5-12(7-13)18(22,23)24/h2-7,9H,8H2,1H3,(H,26,28). The Labute approximate surface area is 154 Å². The molecule has 2 heterocycles. The van der Waals surface area contributed by atoms with Gasteiger partial charge in [0, 0.05) is 18.1 Å². The topological polar surface area (TPSA) is 46.4 Å². The molecule has 148 valence electrons. The summed E-state index contributed by atoms with van der Waals surface area (Å²) in [6.07, 6.45) is -7.00. The number of amides is 1. The first-order valence-corrected chi connectivity index (χ1v) is 7.95. The largest absolute Gasteiger partial charge is 0.416 e. The van der Waals surface area contributed by atoms with Gasteiger partial charge in [-0.2, -0.15) is 26.3 Å². The predicted molar refractivity (Wildman–Crippen MR) is 88.7 cm³/mol. The summed E-state index contributed by atoms with van der Waals surface area (Å²) in [6, 6.07) is 4.50. The van der Waals surface area contributed by atoms with Gasteiger partial charge in [-0.05, 0) is 42.8 Å².